The van der Waals surface area contributed by atoms with E-state index in [9.17, 15) is 9.59 Å². The van der Waals surface area contributed by atoms with Gasteiger partial charge in [-0.15, -0.1) is 11.8 Å². The first kappa shape index (κ1) is 29.3. The van der Waals surface area contributed by atoms with Crippen molar-refractivity contribution in [3.8, 4) is 5.75 Å². The number of carbonyl (C=O) groups excluding carboxylic acids is 2. The SMILES string of the molecule is COc1cccc(CN(C(=O)CSCc2cc(C)cc(C)c2)C(Cc2ccccc2)C(=O)NCC(C)C)c1. The monoisotopic (exact) mass is 532 g/mol. The van der Waals surface area contributed by atoms with Crippen LogP contribution in [0.2, 0.25) is 0 Å². The molecule has 1 atom stereocenters. The van der Waals surface area contributed by atoms with E-state index in [1.165, 1.54) is 16.7 Å². The molecule has 3 aromatic carbocycles. The van der Waals surface area contributed by atoms with Gasteiger partial charge < -0.3 is 15.0 Å². The number of benzene rings is 3. The number of hydrogen-bond donors (Lipinski definition) is 1. The summed E-state index contributed by atoms with van der Waals surface area (Å²) in [4.78, 5) is 29.1. The van der Waals surface area contributed by atoms with E-state index >= 15 is 0 Å². The molecule has 3 aromatic rings. The fraction of sp³-hybridized carbons (Fsp3) is 0.375. The Labute approximate surface area is 232 Å². The summed E-state index contributed by atoms with van der Waals surface area (Å²) in [6.45, 7) is 9.20. The van der Waals surface area contributed by atoms with Crippen LogP contribution in [0.5, 0.6) is 5.75 Å². The summed E-state index contributed by atoms with van der Waals surface area (Å²) in [5, 5.41) is 3.08. The standard InChI is InChI=1S/C32H40N2O3S/c1-23(2)19-33-32(36)30(18-26-10-7-6-8-11-26)34(20-27-12-9-13-29(17-27)37-5)31(35)22-38-21-28-15-24(3)14-25(4)16-28/h6-17,23,30H,18-22H2,1-5H3,(H,33,36). The van der Waals surface area contributed by atoms with E-state index in [0.717, 1.165) is 22.6 Å². The molecule has 0 aliphatic rings. The largest absolute Gasteiger partial charge is 0.497 e. The molecule has 0 aliphatic heterocycles. The number of methoxy groups -OCH3 is 1. The average Bonchev–Trinajstić information content (AvgIpc) is 2.89. The van der Waals surface area contributed by atoms with Crippen molar-refractivity contribution < 1.29 is 14.3 Å². The van der Waals surface area contributed by atoms with Gasteiger partial charge in [-0.1, -0.05) is 85.6 Å². The van der Waals surface area contributed by atoms with Crippen LogP contribution in [0.4, 0.5) is 0 Å². The molecule has 0 saturated heterocycles. The van der Waals surface area contributed by atoms with Crippen molar-refractivity contribution in [2.75, 3.05) is 19.4 Å². The van der Waals surface area contributed by atoms with Crippen LogP contribution in [0.25, 0.3) is 0 Å². The molecule has 38 heavy (non-hydrogen) atoms. The van der Waals surface area contributed by atoms with Gasteiger partial charge in [0.05, 0.1) is 12.9 Å². The van der Waals surface area contributed by atoms with Gasteiger partial charge in [-0.3, -0.25) is 9.59 Å². The maximum atomic E-state index is 13.8. The minimum atomic E-state index is -0.628. The Bertz CT molecular complexity index is 1180. The van der Waals surface area contributed by atoms with Crippen LogP contribution in [-0.4, -0.2) is 42.2 Å². The van der Waals surface area contributed by atoms with Crippen LogP contribution in [0.1, 0.15) is 41.7 Å². The van der Waals surface area contributed by atoms with Gasteiger partial charge in [0.2, 0.25) is 11.8 Å². The number of aryl methyl sites for hydroxylation is 2. The Morgan fingerprint density at radius 3 is 2.24 bits per heavy atom. The highest BCUT2D eigenvalue weighted by molar-refractivity contribution is 7.99. The van der Waals surface area contributed by atoms with Crippen molar-refractivity contribution in [2.45, 2.75) is 52.5 Å². The van der Waals surface area contributed by atoms with Crippen molar-refractivity contribution in [3.05, 3.63) is 101 Å². The maximum Gasteiger partial charge on any atom is 0.243 e. The number of nitrogens with zero attached hydrogens (tertiary/aromatic N) is 1. The van der Waals surface area contributed by atoms with E-state index in [4.69, 9.17) is 4.74 Å². The van der Waals surface area contributed by atoms with Crippen LogP contribution in [0.15, 0.2) is 72.8 Å². The van der Waals surface area contributed by atoms with Crippen LogP contribution >= 0.6 is 11.8 Å². The molecule has 0 fully saturated rings. The third kappa shape index (κ3) is 9.25. The first-order valence-electron chi connectivity index (χ1n) is 13.1. The molecule has 202 valence electrons. The predicted octanol–water partition coefficient (Wildman–Crippen LogP) is 5.96. The van der Waals surface area contributed by atoms with E-state index in [0.29, 0.717) is 31.2 Å². The average molecular weight is 533 g/mol. The van der Waals surface area contributed by atoms with Gasteiger partial charge >= 0.3 is 0 Å². The maximum absolute atomic E-state index is 13.8. The molecular weight excluding hydrogens is 492 g/mol. The van der Waals surface area contributed by atoms with Gasteiger partial charge in [-0.2, -0.15) is 0 Å². The lowest BCUT2D eigenvalue weighted by molar-refractivity contribution is -0.139. The Hall–Kier alpha value is -3.25. The highest BCUT2D eigenvalue weighted by Gasteiger charge is 2.30. The Balaban J connectivity index is 1.86. The number of carbonyl (C=O) groups is 2. The lowest BCUT2D eigenvalue weighted by Crippen LogP contribution is -2.51. The third-order valence-corrected chi connectivity index (χ3v) is 7.21. The molecule has 0 heterocycles. The van der Waals surface area contributed by atoms with E-state index in [-0.39, 0.29) is 11.8 Å². The van der Waals surface area contributed by atoms with Crippen molar-refractivity contribution in [1.82, 2.24) is 10.2 Å². The smallest absolute Gasteiger partial charge is 0.243 e. The number of rotatable bonds is 13. The summed E-state index contributed by atoms with van der Waals surface area (Å²) in [6, 6.07) is 23.4. The molecule has 2 amide bonds. The summed E-state index contributed by atoms with van der Waals surface area (Å²) >= 11 is 1.58. The molecule has 0 spiro atoms. The summed E-state index contributed by atoms with van der Waals surface area (Å²) < 4.78 is 5.41. The molecule has 5 nitrogen and oxygen atoms in total. The Morgan fingerprint density at radius 1 is 0.895 bits per heavy atom. The predicted molar refractivity (Wildman–Crippen MR) is 157 cm³/mol. The van der Waals surface area contributed by atoms with Crippen molar-refractivity contribution in [3.63, 3.8) is 0 Å². The molecule has 1 unspecified atom stereocenters. The van der Waals surface area contributed by atoms with E-state index < -0.39 is 6.04 Å². The highest BCUT2D eigenvalue weighted by atomic mass is 32.2. The van der Waals surface area contributed by atoms with Gasteiger partial charge in [0, 0.05) is 25.3 Å². The molecule has 0 aliphatic carbocycles. The van der Waals surface area contributed by atoms with Crippen molar-refractivity contribution >= 4 is 23.6 Å². The van der Waals surface area contributed by atoms with Gasteiger partial charge in [0.1, 0.15) is 11.8 Å². The number of ether oxygens (including phenoxy) is 1. The highest BCUT2D eigenvalue weighted by Crippen LogP contribution is 2.21. The zero-order valence-corrected chi connectivity index (χ0v) is 24.0. The van der Waals surface area contributed by atoms with Crippen LogP contribution in [0.3, 0.4) is 0 Å². The first-order chi connectivity index (χ1) is 18.2. The van der Waals surface area contributed by atoms with E-state index in [1.54, 1.807) is 23.8 Å². The van der Waals surface area contributed by atoms with E-state index in [1.807, 2.05) is 54.6 Å². The third-order valence-electron chi connectivity index (χ3n) is 6.22. The summed E-state index contributed by atoms with van der Waals surface area (Å²) in [6.07, 6.45) is 0.447. The number of hydrogen-bond acceptors (Lipinski definition) is 4. The lowest BCUT2D eigenvalue weighted by atomic mass is 10.0. The minimum Gasteiger partial charge on any atom is -0.497 e. The normalized spacial score (nSPS) is 11.7. The molecule has 3 rings (SSSR count). The number of thioether (sulfide) groups is 1. The molecular formula is C32H40N2O3S. The van der Waals surface area contributed by atoms with Crippen molar-refractivity contribution in [1.29, 1.82) is 0 Å². The lowest BCUT2D eigenvalue weighted by Gasteiger charge is -2.32. The van der Waals surface area contributed by atoms with Crippen LogP contribution in [-0.2, 0) is 28.3 Å². The Morgan fingerprint density at radius 2 is 1.58 bits per heavy atom. The summed E-state index contributed by atoms with van der Waals surface area (Å²) in [5.74, 6) is 1.89. The van der Waals surface area contributed by atoms with Crippen LogP contribution in [0, 0.1) is 19.8 Å². The molecule has 0 radical (unpaired) electrons. The summed E-state index contributed by atoms with van der Waals surface area (Å²) in [5.41, 5.74) is 5.58. The minimum absolute atomic E-state index is 0.0529. The van der Waals surface area contributed by atoms with Gasteiger partial charge in [0.15, 0.2) is 0 Å². The molecule has 6 heteroatoms. The van der Waals surface area contributed by atoms with Gasteiger partial charge in [-0.05, 0) is 48.6 Å². The topological polar surface area (TPSA) is 58.6 Å². The quantitative estimate of drug-likeness (QED) is 0.295. The van der Waals surface area contributed by atoms with Crippen LogP contribution < -0.4 is 10.1 Å². The molecule has 0 aromatic heterocycles. The zero-order chi connectivity index (χ0) is 27.5. The van der Waals surface area contributed by atoms with Gasteiger partial charge in [-0.25, -0.2) is 0 Å². The van der Waals surface area contributed by atoms with Gasteiger partial charge in [0.25, 0.3) is 0 Å². The molecule has 1 N–H and O–H groups in total. The molecule has 0 bridgehead atoms. The Kier molecular flexibility index (Phi) is 11.3. The second-order valence-electron chi connectivity index (χ2n) is 10.2. The fourth-order valence-electron chi connectivity index (χ4n) is 4.44. The molecule has 0 saturated carbocycles. The second-order valence-corrected chi connectivity index (χ2v) is 11.2. The summed E-state index contributed by atoms with van der Waals surface area (Å²) in [7, 11) is 1.63. The fourth-order valence-corrected chi connectivity index (χ4v) is 5.28. The van der Waals surface area contributed by atoms with Crippen molar-refractivity contribution in [2.24, 2.45) is 5.92 Å². The number of amides is 2. The number of nitrogens with one attached hydrogen (secondary N) is 1. The second kappa shape index (κ2) is 14.6. The zero-order valence-electron chi connectivity index (χ0n) is 23.2. The first-order valence-corrected chi connectivity index (χ1v) is 14.3. The van der Waals surface area contributed by atoms with E-state index in [2.05, 4.69) is 51.2 Å².